The number of benzene rings is 2. The molecule has 34 heavy (non-hydrogen) atoms. The molecular weight excluding hydrogens is 448 g/mol. The van der Waals surface area contributed by atoms with Crippen molar-refractivity contribution in [2.45, 2.75) is 50.5 Å². The standard InChI is InChI=1S/C27H34N2O4S/c1-33-25-6-4-3-5-22(25)17-28-26(30)18-29(34(2,31)32)24-9-7-23(8-10-24)27-14-19-11-20(15-27)13-21(12-19)16-27/h3-10,19-21H,11-18H2,1-2H3,(H,28,30). The van der Waals surface area contributed by atoms with Gasteiger partial charge in [0, 0.05) is 12.1 Å². The maximum absolute atomic E-state index is 12.7. The van der Waals surface area contributed by atoms with Crippen molar-refractivity contribution in [2.75, 3.05) is 24.2 Å². The lowest BCUT2D eigenvalue weighted by Crippen LogP contribution is -2.48. The van der Waals surface area contributed by atoms with Crippen LogP contribution in [0.2, 0.25) is 0 Å². The van der Waals surface area contributed by atoms with Crippen LogP contribution >= 0.6 is 0 Å². The average Bonchev–Trinajstić information content (AvgIpc) is 2.80. The average molecular weight is 483 g/mol. The largest absolute Gasteiger partial charge is 0.496 e. The van der Waals surface area contributed by atoms with Crippen molar-refractivity contribution in [1.29, 1.82) is 0 Å². The number of hydrogen-bond acceptors (Lipinski definition) is 4. The van der Waals surface area contributed by atoms with Gasteiger partial charge in [-0.1, -0.05) is 30.3 Å². The zero-order valence-electron chi connectivity index (χ0n) is 20.0. The highest BCUT2D eigenvalue weighted by molar-refractivity contribution is 7.92. The number of nitrogens with zero attached hydrogens (tertiary/aromatic N) is 1. The molecular formula is C27H34N2O4S. The number of nitrogens with one attached hydrogen (secondary N) is 1. The van der Waals surface area contributed by atoms with E-state index in [0.29, 0.717) is 11.4 Å². The summed E-state index contributed by atoms with van der Waals surface area (Å²) in [6.45, 7) is 0.0100. The molecule has 4 aliphatic rings. The topological polar surface area (TPSA) is 75.7 Å². The first-order chi connectivity index (χ1) is 16.3. The predicted octanol–water partition coefficient (Wildman–Crippen LogP) is 4.25. The highest BCUT2D eigenvalue weighted by Crippen LogP contribution is 2.60. The van der Waals surface area contributed by atoms with E-state index >= 15 is 0 Å². The molecule has 2 aromatic carbocycles. The number of amides is 1. The van der Waals surface area contributed by atoms with Crippen LogP contribution in [0.4, 0.5) is 5.69 Å². The lowest BCUT2D eigenvalue weighted by Gasteiger charge is -2.57. The lowest BCUT2D eigenvalue weighted by atomic mass is 9.48. The Morgan fingerprint density at radius 3 is 2.15 bits per heavy atom. The number of ether oxygens (including phenoxy) is 1. The minimum absolute atomic E-state index is 0.259. The summed E-state index contributed by atoms with van der Waals surface area (Å²) in [4.78, 5) is 12.7. The van der Waals surface area contributed by atoms with E-state index in [0.717, 1.165) is 29.6 Å². The van der Waals surface area contributed by atoms with Crippen LogP contribution in [0.15, 0.2) is 48.5 Å². The van der Waals surface area contributed by atoms with Crippen LogP contribution in [0.5, 0.6) is 5.75 Å². The smallest absolute Gasteiger partial charge is 0.241 e. The normalized spacial score (nSPS) is 27.4. The quantitative estimate of drug-likeness (QED) is 0.611. The summed E-state index contributed by atoms with van der Waals surface area (Å²) in [6.07, 6.45) is 9.11. The van der Waals surface area contributed by atoms with Gasteiger partial charge >= 0.3 is 0 Å². The molecule has 0 aromatic heterocycles. The molecule has 4 aliphatic carbocycles. The highest BCUT2D eigenvalue weighted by Gasteiger charge is 2.51. The summed E-state index contributed by atoms with van der Waals surface area (Å²) in [7, 11) is -2.04. The Hall–Kier alpha value is -2.54. The summed E-state index contributed by atoms with van der Waals surface area (Å²) in [5.74, 6) is 2.88. The fourth-order valence-corrected chi connectivity index (χ4v) is 7.93. The van der Waals surface area contributed by atoms with Crippen molar-refractivity contribution in [3.63, 3.8) is 0 Å². The van der Waals surface area contributed by atoms with E-state index in [-0.39, 0.29) is 24.4 Å². The molecule has 0 aliphatic heterocycles. The number of carbonyl (C=O) groups is 1. The van der Waals surface area contributed by atoms with Gasteiger partial charge in [0.05, 0.1) is 19.1 Å². The molecule has 182 valence electrons. The summed E-state index contributed by atoms with van der Waals surface area (Å²) in [5, 5.41) is 2.82. The van der Waals surface area contributed by atoms with Crippen LogP contribution in [0.3, 0.4) is 0 Å². The van der Waals surface area contributed by atoms with Crippen molar-refractivity contribution >= 4 is 21.6 Å². The van der Waals surface area contributed by atoms with Crippen LogP contribution in [0, 0.1) is 17.8 Å². The van der Waals surface area contributed by atoms with Gasteiger partial charge in [-0.15, -0.1) is 0 Å². The third-order valence-electron chi connectivity index (χ3n) is 8.16. The van der Waals surface area contributed by atoms with Crippen molar-refractivity contribution in [2.24, 2.45) is 17.8 Å². The lowest BCUT2D eigenvalue weighted by molar-refractivity contribution is -0.119. The number of hydrogen-bond donors (Lipinski definition) is 1. The number of para-hydroxylation sites is 1. The molecule has 4 saturated carbocycles. The molecule has 0 radical (unpaired) electrons. The Bertz CT molecular complexity index is 1120. The molecule has 1 amide bonds. The van der Waals surface area contributed by atoms with E-state index in [2.05, 4.69) is 17.4 Å². The number of methoxy groups -OCH3 is 1. The molecule has 6 rings (SSSR count). The number of rotatable bonds is 8. The molecule has 0 spiro atoms. The van der Waals surface area contributed by atoms with Crippen LogP contribution in [0.25, 0.3) is 0 Å². The number of sulfonamides is 1. The van der Waals surface area contributed by atoms with E-state index in [4.69, 9.17) is 4.74 Å². The van der Waals surface area contributed by atoms with Gasteiger partial charge in [-0.3, -0.25) is 9.10 Å². The Balaban J connectivity index is 1.30. The second-order valence-electron chi connectivity index (χ2n) is 10.6. The first-order valence-electron chi connectivity index (χ1n) is 12.2. The third kappa shape index (κ3) is 4.54. The first-order valence-corrected chi connectivity index (χ1v) is 14.1. The van der Waals surface area contributed by atoms with Crippen LogP contribution < -0.4 is 14.4 Å². The molecule has 4 bridgehead atoms. The van der Waals surface area contributed by atoms with Crippen molar-refractivity contribution in [1.82, 2.24) is 5.32 Å². The first kappa shape index (κ1) is 23.2. The predicted molar refractivity (Wildman–Crippen MR) is 133 cm³/mol. The third-order valence-corrected chi connectivity index (χ3v) is 9.30. The molecule has 4 fully saturated rings. The minimum Gasteiger partial charge on any atom is -0.496 e. The zero-order chi connectivity index (χ0) is 23.9. The fraction of sp³-hybridized carbons (Fsp3) is 0.519. The summed E-state index contributed by atoms with van der Waals surface area (Å²) in [6, 6.07) is 15.4. The Morgan fingerprint density at radius 2 is 1.59 bits per heavy atom. The fourth-order valence-electron chi connectivity index (χ4n) is 7.07. The Labute approximate surface area is 202 Å². The van der Waals surface area contributed by atoms with Gasteiger partial charge in [-0.25, -0.2) is 8.42 Å². The maximum atomic E-state index is 12.7. The molecule has 6 nitrogen and oxygen atoms in total. The number of carbonyl (C=O) groups excluding carboxylic acids is 1. The second kappa shape index (κ2) is 8.91. The summed E-state index contributed by atoms with van der Waals surface area (Å²) in [5.41, 5.74) is 2.96. The van der Waals surface area contributed by atoms with E-state index in [9.17, 15) is 13.2 Å². The number of anilines is 1. The van der Waals surface area contributed by atoms with E-state index in [1.807, 2.05) is 36.4 Å². The second-order valence-corrected chi connectivity index (χ2v) is 12.5. The maximum Gasteiger partial charge on any atom is 0.241 e. The van der Waals surface area contributed by atoms with Crippen LogP contribution in [0.1, 0.15) is 49.7 Å². The molecule has 0 unspecified atom stereocenters. The molecule has 0 saturated heterocycles. The zero-order valence-corrected chi connectivity index (χ0v) is 20.8. The van der Waals surface area contributed by atoms with E-state index < -0.39 is 10.0 Å². The van der Waals surface area contributed by atoms with Crippen LogP contribution in [-0.2, 0) is 26.8 Å². The summed E-state index contributed by atoms with van der Waals surface area (Å²) < 4.78 is 31.7. The molecule has 1 N–H and O–H groups in total. The SMILES string of the molecule is COc1ccccc1CNC(=O)CN(c1ccc(C23CC4CC(CC(C4)C2)C3)cc1)S(C)(=O)=O. The minimum atomic E-state index is -3.62. The van der Waals surface area contributed by atoms with Gasteiger partial charge in [0.15, 0.2) is 0 Å². The van der Waals surface area contributed by atoms with Crippen molar-refractivity contribution in [3.8, 4) is 5.75 Å². The summed E-state index contributed by atoms with van der Waals surface area (Å²) >= 11 is 0. The van der Waals surface area contributed by atoms with Crippen LogP contribution in [-0.4, -0.2) is 34.2 Å². The Morgan fingerprint density at radius 1 is 1.00 bits per heavy atom. The van der Waals surface area contributed by atoms with E-state index in [1.54, 1.807) is 7.11 Å². The van der Waals surface area contributed by atoms with Gasteiger partial charge in [0.2, 0.25) is 15.9 Å². The van der Waals surface area contributed by atoms with Gasteiger partial charge in [0.1, 0.15) is 12.3 Å². The van der Waals surface area contributed by atoms with Gasteiger partial charge in [-0.05, 0) is 85.5 Å². The van der Waals surface area contributed by atoms with Gasteiger partial charge in [-0.2, -0.15) is 0 Å². The monoisotopic (exact) mass is 482 g/mol. The molecule has 0 atom stereocenters. The van der Waals surface area contributed by atoms with Crippen molar-refractivity contribution < 1.29 is 17.9 Å². The molecule has 2 aromatic rings. The van der Waals surface area contributed by atoms with E-state index in [1.165, 1.54) is 48.4 Å². The molecule has 0 heterocycles. The Kier molecular flexibility index (Phi) is 6.09. The highest BCUT2D eigenvalue weighted by atomic mass is 32.2. The van der Waals surface area contributed by atoms with Gasteiger partial charge in [0.25, 0.3) is 0 Å². The molecule has 7 heteroatoms. The van der Waals surface area contributed by atoms with Gasteiger partial charge < -0.3 is 10.1 Å². The van der Waals surface area contributed by atoms with Crippen molar-refractivity contribution in [3.05, 3.63) is 59.7 Å².